The molecule has 5 rings (SSSR count). The van der Waals surface area contributed by atoms with Crippen LogP contribution < -0.4 is 4.90 Å². The third-order valence-corrected chi connectivity index (χ3v) is 7.33. The van der Waals surface area contributed by atoms with E-state index in [9.17, 15) is 18.0 Å². The fourth-order valence-electron chi connectivity index (χ4n) is 5.29. The van der Waals surface area contributed by atoms with Crippen molar-refractivity contribution in [2.45, 2.75) is 50.7 Å². The van der Waals surface area contributed by atoms with Crippen molar-refractivity contribution in [1.29, 1.82) is 0 Å². The highest BCUT2D eigenvalue weighted by atomic mass is 35.5. The molecule has 11 heteroatoms. The highest BCUT2D eigenvalue weighted by molar-refractivity contribution is 6.30. The van der Waals surface area contributed by atoms with Crippen molar-refractivity contribution in [3.63, 3.8) is 0 Å². The van der Waals surface area contributed by atoms with Crippen molar-refractivity contribution in [2.75, 3.05) is 32.1 Å². The molecule has 2 aromatic heterocycles. The zero-order valence-electron chi connectivity index (χ0n) is 20.7. The number of halogens is 4. The van der Waals surface area contributed by atoms with Crippen LogP contribution in [0.15, 0.2) is 30.5 Å². The summed E-state index contributed by atoms with van der Waals surface area (Å²) >= 11 is 6.08. The first kappa shape index (κ1) is 25.5. The van der Waals surface area contributed by atoms with E-state index in [0.717, 1.165) is 29.7 Å². The van der Waals surface area contributed by atoms with Gasteiger partial charge in [-0.3, -0.25) is 9.48 Å². The summed E-state index contributed by atoms with van der Waals surface area (Å²) in [5.74, 6) is 0.299. The number of anilines is 1. The van der Waals surface area contributed by atoms with Crippen molar-refractivity contribution in [3.05, 3.63) is 58.1 Å². The Morgan fingerprint density at radius 2 is 1.92 bits per heavy atom. The second kappa shape index (κ2) is 9.96. The maximum Gasteiger partial charge on any atom is 0.435 e. The van der Waals surface area contributed by atoms with E-state index in [2.05, 4.69) is 10.1 Å². The molecule has 1 amide bonds. The molecule has 3 heterocycles. The number of aromatic nitrogens is 4. The molecular weight excluding hydrogens is 505 g/mol. The van der Waals surface area contributed by atoms with Gasteiger partial charge in [-0.15, -0.1) is 0 Å². The molecule has 1 saturated heterocycles. The van der Waals surface area contributed by atoms with Gasteiger partial charge in [0.05, 0.1) is 5.69 Å². The molecule has 0 spiro atoms. The monoisotopic (exact) mass is 532 g/mol. The Hall–Kier alpha value is -3.14. The van der Waals surface area contributed by atoms with Gasteiger partial charge < -0.3 is 9.80 Å². The molecule has 196 valence electrons. The van der Waals surface area contributed by atoms with Gasteiger partial charge in [0.1, 0.15) is 6.54 Å². The van der Waals surface area contributed by atoms with Crippen LogP contribution in [0.25, 0.3) is 11.1 Å². The second-order valence-electron chi connectivity index (χ2n) is 9.83. The number of carbonyl (C=O) groups excluding carboxylic acids is 1. The normalized spacial score (nSPS) is 17.7. The fourth-order valence-corrected chi connectivity index (χ4v) is 5.41. The number of rotatable bonds is 5. The Bertz CT molecular complexity index is 1300. The summed E-state index contributed by atoms with van der Waals surface area (Å²) in [5.41, 5.74) is 2.57. The minimum atomic E-state index is -4.52. The third-order valence-electron chi connectivity index (χ3n) is 7.08. The summed E-state index contributed by atoms with van der Waals surface area (Å²) in [6, 6.07) is 7.47. The van der Waals surface area contributed by atoms with Crippen molar-refractivity contribution < 1.29 is 18.0 Å². The average molecular weight is 533 g/mol. The van der Waals surface area contributed by atoms with Crippen LogP contribution in [-0.4, -0.2) is 57.7 Å². The minimum Gasteiger partial charge on any atom is -0.347 e. The van der Waals surface area contributed by atoms with Gasteiger partial charge in [0.2, 0.25) is 11.9 Å². The summed E-state index contributed by atoms with van der Waals surface area (Å²) in [7, 11) is 3.74. The molecule has 7 nitrogen and oxygen atoms in total. The number of hydrogen-bond acceptors (Lipinski definition) is 5. The lowest BCUT2D eigenvalue weighted by Gasteiger charge is -2.33. The van der Waals surface area contributed by atoms with Crippen LogP contribution in [0.4, 0.5) is 19.1 Å². The highest BCUT2D eigenvalue weighted by Gasteiger charge is 2.40. The molecule has 0 unspecified atom stereocenters. The van der Waals surface area contributed by atoms with Crippen LogP contribution >= 0.6 is 11.6 Å². The van der Waals surface area contributed by atoms with E-state index in [4.69, 9.17) is 16.6 Å². The summed E-state index contributed by atoms with van der Waals surface area (Å²) in [6.45, 7) is 0.785. The van der Waals surface area contributed by atoms with Crippen LogP contribution in [0.2, 0.25) is 5.02 Å². The minimum absolute atomic E-state index is 0.0425. The number of fused-ring (bicyclic) bond motifs is 1. The number of nitrogens with zero attached hydrogens (tertiary/aromatic N) is 6. The average Bonchev–Trinajstić information content (AvgIpc) is 3.48. The van der Waals surface area contributed by atoms with Gasteiger partial charge in [-0.1, -0.05) is 23.7 Å². The first-order valence-electron chi connectivity index (χ1n) is 12.4. The van der Waals surface area contributed by atoms with E-state index in [0.29, 0.717) is 49.0 Å². The van der Waals surface area contributed by atoms with Crippen molar-refractivity contribution >= 4 is 23.5 Å². The summed E-state index contributed by atoms with van der Waals surface area (Å²) in [6.07, 6.45) is 0.381. The molecule has 3 aromatic rings. The molecule has 1 aromatic carbocycles. The lowest BCUT2D eigenvalue weighted by Crippen LogP contribution is -2.41. The van der Waals surface area contributed by atoms with Gasteiger partial charge in [0.15, 0.2) is 5.69 Å². The molecule has 0 N–H and O–H groups in total. The van der Waals surface area contributed by atoms with E-state index in [1.54, 1.807) is 11.1 Å². The topological polar surface area (TPSA) is 67.2 Å². The van der Waals surface area contributed by atoms with E-state index < -0.39 is 11.9 Å². The smallest absolute Gasteiger partial charge is 0.347 e. The SMILES string of the molecule is CN(C)c1ncc(-c2ccc(Cl)cc2)c([C@@H]2CCCN(C(=O)Cn3nc(C(F)(F)F)c4c3CCC4)C2)n1. The molecule has 0 radical (unpaired) electrons. The zero-order chi connectivity index (χ0) is 26.3. The summed E-state index contributed by atoms with van der Waals surface area (Å²) in [5, 5.41) is 4.44. The van der Waals surface area contributed by atoms with E-state index >= 15 is 0 Å². The standard InChI is InChI=1S/C26H28ClF3N6O/c1-34(2)25-31-13-20(16-8-10-18(27)11-9-16)23(32-25)17-5-4-12-35(14-17)22(37)15-36-21-7-3-6-19(21)24(33-36)26(28,29)30/h8-11,13,17H,3-7,12,14-15H2,1-2H3/t17-/m1/s1. The lowest BCUT2D eigenvalue weighted by atomic mass is 9.90. The van der Waals surface area contributed by atoms with Gasteiger partial charge in [0, 0.05) is 61.1 Å². The molecule has 0 bridgehead atoms. The zero-order valence-corrected chi connectivity index (χ0v) is 21.5. The predicted octanol–water partition coefficient (Wildman–Crippen LogP) is 4.97. The quantitative estimate of drug-likeness (QED) is 0.464. The number of alkyl halides is 3. The van der Waals surface area contributed by atoms with E-state index in [1.165, 1.54) is 4.68 Å². The fraction of sp³-hybridized carbons (Fsp3) is 0.462. The number of likely N-dealkylation sites (tertiary alicyclic amines) is 1. The lowest BCUT2D eigenvalue weighted by molar-refractivity contribution is -0.142. The molecule has 1 fully saturated rings. The molecule has 37 heavy (non-hydrogen) atoms. The summed E-state index contributed by atoms with van der Waals surface area (Å²) in [4.78, 5) is 26.2. The number of carbonyl (C=O) groups is 1. The van der Waals surface area contributed by atoms with Crippen LogP contribution in [0.5, 0.6) is 0 Å². The first-order chi connectivity index (χ1) is 17.6. The van der Waals surface area contributed by atoms with Crippen LogP contribution in [0.3, 0.4) is 0 Å². The van der Waals surface area contributed by atoms with E-state index in [-0.39, 0.29) is 23.9 Å². The Kier molecular flexibility index (Phi) is 6.87. The Morgan fingerprint density at radius 3 is 2.62 bits per heavy atom. The molecule has 1 atom stereocenters. The van der Waals surface area contributed by atoms with Gasteiger partial charge in [-0.25, -0.2) is 9.97 Å². The number of hydrogen-bond donors (Lipinski definition) is 0. The largest absolute Gasteiger partial charge is 0.435 e. The summed E-state index contributed by atoms with van der Waals surface area (Å²) < 4.78 is 41.7. The maximum absolute atomic E-state index is 13.5. The van der Waals surface area contributed by atoms with Crippen LogP contribution in [0.1, 0.15) is 47.8 Å². The molecule has 0 saturated carbocycles. The van der Waals surface area contributed by atoms with Crippen LogP contribution in [-0.2, 0) is 30.4 Å². The van der Waals surface area contributed by atoms with Crippen molar-refractivity contribution in [1.82, 2.24) is 24.6 Å². The molecular formula is C26H28ClF3N6O. The van der Waals surface area contributed by atoms with Gasteiger partial charge >= 0.3 is 6.18 Å². The number of benzene rings is 1. The van der Waals surface area contributed by atoms with Crippen LogP contribution in [0, 0.1) is 0 Å². The first-order valence-corrected chi connectivity index (χ1v) is 12.7. The van der Waals surface area contributed by atoms with E-state index in [1.807, 2.05) is 43.3 Å². The Balaban J connectivity index is 1.40. The number of amides is 1. The predicted molar refractivity (Wildman–Crippen MR) is 135 cm³/mol. The third kappa shape index (κ3) is 5.16. The maximum atomic E-state index is 13.5. The Labute approximate surface area is 218 Å². The van der Waals surface area contributed by atoms with Gasteiger partial charge in [0.25, 0.3) is 0 Å². The van der Waals surface area contributed by atoms with Gasteiger partial charge in [-0.2, -0.15) is 18.3 Å². The number of piperidine rings is 1. The van der Waals surface area contributed by atoms with Crippen molar-refractivity contribution in [3.8, 4) is 11.1 Å². The molecule has 2 aliphatic rings. The molecule has 1 aliphatic heterocycles. The molecule has 1 aliphatic carbocycles. The van der Waals surface area contributed by atoms with Gasteiger partial charge in [-0.05, 0) is 49.8 Å². The second-order valence-corrected chi connectivity index (χ2v) is 10.3. The Morgan fingerprint density at radius 1 is 1.16 bits per heavy atom. The van der Waals surface area contributed by atoms with Crippen molar-refractivity contribution in [2.24, 2.45) is 0 Å². The highest BCUT2D eigenvalue weighted by Crippen LogP contribution is 2.37.